The lowest BCUT2D eigenvalue weighted by Gasteiger charge is -2.32. The van der Waals surface area contributed by atoms with Crippen LogP contribution in [0.2, 0.25) is 0 Å². The van der Waals surface area contributed by atoms with Gasteiger partial charge in [0.05, 0.1) is 17.7 Å². The minimum atomic E-state index is -3.57. The second-order valence-corrected chi connectivity index (χ2v) is 9.40. The highest BCUT2D eigenvalue weighted by molar-refractivity contribution is 7.89. The molecular weight excluding hydrogens is 388 g/mol. The van der Waals surface area contributed by atoms with Crippen LogP contribution in [0.4, 0.5) is 0 Å². The Morgan fingerprint density at radius 3 is 2.48 bits per heavy atom. The van der Waals surface area contributed by atoms with E-state index in [9.17, 15) is 13.2 Å². The number of carbonyl (C=O) groups is 1. The third-order valence-corrected chi connectivity index (χ3v) is 7.41. The van der Waals surface area contributed by atoms with E-state index < -0.39 is 10.0 Å². The Kier molecular flexibility index (Phi) is 5.43. The Balaban J connectivity index is 1.42. The first-order chi connectivity index (χ1) is 13.9. The zero-order valence-corrected chi connectivity index (χ0v) is 17.1. The summed E-state index contributed by atoms with van der Waals surface area (Å²) in [5.41, 5.74) is 0. The van der Waals surface area contributed by atoms with Crippen molar-refractivity contribution < 1.29 is 17.6 Å². The van der Waals surface area contributed by atoms with Crippen molar-refractivity contribution in [3.8, 4) is 0 Å². The number of hydrogen-bond donors (Lipinski definition) is 0. The van der Waals surface area contributed by atoms with Crippen molar-refractivity contribution in [3.05, 3.63) is 66.6 Å². The molecule has 1 saturated heterocycles. The number of furan rings is 1. The molecule has 3 aromatic rings. The van der Waals surface area contributed by atoms with E-state index in [1.54, 1.807) is 36.4 Å². The van der Waals surface area contributed by atoms with Gasteiger partial charge in [-0.1, -0.05) is 30.3 Å². The topological polar surface area (TPSA) is 70.8 Å². The van der Waals surface area contributed by atoms with Crippen LogP contribution in [0.1, 0.15) is 18.6 Å². The van der Waals surface area contributed by atoms with Gasteiger partial charge >= 0.3 is 0 Å². The van der Waals surface area contributed by atoms with Crippen molar-refractivity contribution in [1.29, 1.82) is 0 Å². The summed E-state index contributed by atoms with van der Waals surface area (Å²) in [6.45, 7) is 1.11. The van der Waals surface area contributed by atoms with Gasteiger partial charge in [0, 0.05) is 26.1 Å². The van der Waals surface area contributed by atoms with Gasteiger partial charge in [0.15, 0.2) is 0 Å². The fourth-order valence-electron chi connectivity index (χ4n) is 3.85. The lowest BCUT2D eigenvalue weighted by molar-refractivity contribution is -0.136. The molecule has 2 heterocycles. The van der Waals surface area contributed by atoms with Gasteiger partial charge in [-0.2, -0.15) is 4.31 Å². The summed E-state index contributed by atoms with van der Waals surface area (Å²) in [5, 5.41) is 1.91. The van der Waals surface area contributed by atoms with Gasteiger partial charge in [0.1, 0.15) is 5.76 Å². The number of nitrogens with zero attached hydrogens (tertiary/aromatic N) is 2. The first kappa shape index (κ1) is 19.7. The van der Waals surface area contributed by atoms with Crippen LogP contribution in [0.25, 0.3) is 10.8 Å². The third-order valence-electron chi connectivity index (χ3n) is 5.51. The van der Waals surface area contributed by atoms with Crippen LogP contribution >= 0.6 is 0 Å². The quantitative estimate of drug-likeness (QED) is 0.643. The summed E-state index contributed by atoms with van der Waals surface area (Å²) < 4.78 is 32.9. The fourth-order valence-corrected chi connectivity index (χ4v) is 5.35. The molecule has 7 heteroatoms. The molecular formula is C22H24N2O4S. The summed E-state index contributed by atoms with van der Waals surface area (Å²) in [5.74, 6) is 0.597. The molecule has 4 rings (SSSR count). The first-order valence-electron chi connectivity index (χ1n) is 9.71. The Morgan fingerprint density at radius 1 is 1.07 bits per heavy atom. The van der Waals surface area contributed by atoms with Crippen molar-refractivity contribution in [1.82, 2.24) is 9.21 Å². The maximum absolute atomic E-state index is 13.1. The van der Waals surface area contributed by atoms with E-state index in [1.807, 2.05) is 36.4 Å². The molecule has 0 spiro atoms. The molecule has 0 radical (unpaired) electrons. The molecule has 1 aliphatic rings. The molecule has 0 aliphatic carbocycles. The molecule has 2 aromatic carbocycles. The van der Waals surface area contributed by atoms with E-state index in [4.69, 9.17) is 4.42 Å². The van der Waals surface area contributed by atoms with Crippen LogP contribution in [0.3, 0.4) is 0 Å². The summed E-state index contributed by atoms with van der Waals surface area (Å²) >= 11 is 0. The number of sulfonamides is 1. The SMILES string of the molecule is CN(Cc1ccco1)C(=O)C1CCN(S(=O)(=O)c2ccc3ccccc3c2)CC1. The van der Waals surface area contributed by atoms with Crippen LogP contribution in [0.15, 0.2) is 70.2 Å². The highest BCUT2D eigenvalue weighted by atomic mass is 32.2. The highest BCUT2D eigenvalue weighted by Crippen LogP contribution is 2.27. The predicted molar refractivity (Wildman–Crippen MR) is 111 cm³/mol. The van der Waals surface area contributed by atoms with Crippen LogP contribution in [0.5, 0.6) is 0 Å². The number of piperidine rings is 1. The van der Waals surface area contributed by atoms with E-state index in [1.165, 1.54) is 4.31 Å². The monoisotopic (exact) mass is 412 g/mol. The summed E-state index contributed by atoms with van der Waals surface area (Å²) in [4.78, 5) is 14.7. The molecule has 152 valence electrons. The first-order valence-corrected chi connectivity index (χ1v) is 11.2. The van der Waals surface area contributed by atoms with Gasteiger partial charge in [-0.25, -0.2) is 8.42 Å². The molecule has 1 aliphatic heterocycles. The lowest BCUT2D eigenvalue weighted by Crippen LogP contribution is -2.43. The van der Waals surface area contributed by atoms with Crippen LogP contribution in [-0.4, -0.2) is 43.7 Å². The standard InChI is InChI=1S/C22H24N2O4S/c1-23(16-20-7-4-14-28-20)22(25)18-10-12-24(13-11-18)29(26,27)21-9-8-17-5-2-3-6-19(17)15-21/h2-9,14-15,18H,10-13,16H2,1H3. The molecule has 0 N–H and O–H groups in total. The third kappa shape index (κ3) is 4.06. The maximum Gasteiger partial charge on any atom is 0.243 e. The summed E-state index contributed by atoms with van der Waals surface area (Å²) in [6.07, 6.45) is 2.63. The van der Waals surface area contributed by atoms with Crippen LogP contribution < -0.4 is 0 Å². The zero-order valence-electron chi connectivity index (χ0n) is 16.3. The van der Waals surface area contributed by atoms with E-state index in [0.29, 0.717) is 37.4 Å². The van der Waals surface area contributed by atoms with E-state index in [-0.39, 0.29) is 11.8 Å². The van der Waals surface area contributed by atoms with E-state index in [2.05, 4.69) is 0 Å². The molecule has 0 bridgehead atoms. The largest absolute Gasteiger partial charge is 0.467 e. The number of fused-ring (bicyclic) bond motifs is 1. The van der Waals surface area contributed by atoms with Gasteiger partial charge < -0.3 is 9.32 Å². The highest BCUT2D eigenvalue weighted by Gasteiger charge is 2.33. The number of carbonyl (C=O) groups excluding carboxylic acids is 1. The normalized spacial score (nSPS) is 16.2. The molecule has 1 aromatic heterocycles. The molecule has 1 fully saturated rings. The zero-order chi connectivity index (χ0) is 20.4. The Hall–Kier alpha value is -2.64. The summed E-state index contributed by atoms with van der Waals surface area (Å²) in [7, 11) is -1.82. The molecule has 1 amide bonds. The smallest absolute Gasteiger partial charge is 0.243 e. The van der Waals surface area contributed by atoms with E-state index in [0.717, 1.165) is 16.5 Å². The second kappa shape index (κ2) is 8.00. The number of benzene rings is 2. The van der Waals surface area contributed by atoms with Crippen molar-refractivity contribution in [2.24, 2.45) is 5.92 Å². The Morgan fingerprint density at radius 2 is 1.79 bits per heavy atom. The minimum absolute atomic E-state index is 0.0316. The maximum atomic E-state index is 13.1. The molecule has 29 heavy (non-hydrogen) atoms. The van der Waals surface area contributed by atoms with Crippen molar-refractivity contribution in [2.45, 2.75) is 24.3 Å². The molecule has 6 nitrogen and oxygen atoms in total. The predicted octanol–water partition coefficient (Wildman–Crippen LogP) is 3.49. The second-order valence-electron chi connectivity index (χ2n) is 7.46. The molecule has 0 saturated carbocycles. The number of amides is 1. The van der Waals surface area contributed by atoms with Crippen LogP contribution in [-0.2, 0) is 21.4 Å². The molecule has 0 unspecified atom stereocenters. The van der Waals surface area contributed by atoms with Gasteiger partial charge in [0.25, 0.3) is 0 Å². The van der Waals surface area contributed by atoms with Crippen molar-refractivity contribution in [3.63, 3.8) is 0 Å². The number of rotatable bonds is 5. The lowest BCUT2D eigenvalue weighted by atomic mass is 9.96. The Bertz CT molecular complexity index is 1100. The Labute approximate surface area is 170 Å². The molecule has 0 atom stereocenters. The van der Waals surface area contributed by atoms with Gasteiger partial charge in [0.2, 0.25) is 15.9 Å². The van der Waals surface area contributed by atoms with Crippen LogP contribution in [0, 0.1) is 5.92 Å². The van der Waals surface area contributed by atoms with Gasteiger partial charge in [-0.3, -0.25) is 4.79 Å². The van der Waals surface area contributed by atoms with Crippen molar-refractivity contribution >= 4 is 26.7 Å². The van der Waals surface area contributed by atoms with E-state index >= 15 is 0 Å². The average molecular weight is 413 g/mol. The average Bonchev–Trinajstić information content (AvgIpc) is 3.26. The number of hydrogen-bond acceptors (Lipinski definition) is 4. The minimum Gasteiger partial charge on any atom is -0.467 e. The van der Waals surface area contributed by atoms with Gasteiger partial charge in [-0.05, 0) is 47.9 Å². The summed E-state index contributed by atoms with van der Waals surface area (Å²) in [6, 6.07) is 16.5. The fraction of sp³-hybridized carbons (Fsp3) is 0.318. The van der Waals surface area contributed by atoms with Gasteiger partial charge in [-0.15, -0.1) is 0 Å². The van der Waals surface area contributed by atoms with Crippen molar-refractivity contribution in [2.75, 3.05) is 20.1 Å².